The summed E-state index contributed by atoms with van der Waals surface area (Å²) in [4.78, 5) is 28.1. The van der Waals surface area contributed by atoms with Crippen LogP contribution < -0.4 is 0 Å². The van der Waals surface area contributed by atoms with Crippen LogP contribution in [0.25, 0.3) is 0 Å². The van der Waals surface area contributed by atoms with Crippen molar-refractivity contribution in [1.29, 1.82) is 0 Å². The van der Waals surface area contributed by atoms with Crippen LogP contribution in [0.3, 0.4) is 0 Å². The van der Waals surface area contributed by atoms with Gasteiger partial charge in [-0.2, -0.15) is 28.3 Å². The minimum absolute atomic E-state index is 0. The van der Waals surface area contributed by atoms with Gasteiger partial charge in [-0.3, -0.25) is 14.4 Å². The maximum atomic E-state index is 9.37. The Bertz CT molecular complexity index is 503. The van der Waals surface area contributed by atoms with E-state index in [1.807, 2.05) is 0 Å². The maximum Gasteiger partial charge on any atom is 0.303 e. The fourth-order valence-electron chi connectivity index (χ4n) is 2.27. The third-order valence-electron chi connectivity index (χ3n) is 3.76. The second-order valence-electron chi connectivity index (χ2n) is 5.92. The topological polar surface area (TPSA) is 112 Å². The van der Waals surface area contributed by atoms with Crippen molar-refractivity contribution in [3.8, 4) is 0 Å². The van der Waals surface area contributed by atoms with E-state index in [1.54, 1.807) is 31.9 Å². The van der Waals surface area contributed by atoms with Crippen LogP contribution in [0.1, 0.15) is 75.1 Å². The van der Waals surface area contributed by atoms with Gasteiger partial charge in [0, 0.05) is 41.0 Å². The Hall–Kier alpha value is -1.53. The first-order valence-corrected chi connectivity index (χ1v) is 9.00. The van der Waals surface area contributed by atoms with Crippen LogP contribution in [-0.4, -0.2) is 33.2 Å². The van der Waals surface area contributed by atoms with Crippen molar-refractivity contribution in [3.63, 3.8) is 0 Å². The van der Waals surface area contributed by atoms with Gasteiger partial charge in [-0.1, -0.05) is 60.3 Å². The molecule has 0 heterocycles. The molecule has 0 atom stereocenters. The second-order valence-corrected chi connectivity index (χ2v) is 5.92. The van der Waals surface area contributed by atoms with E-state index in [2.05, 4.69) is 19.9 Å². The molecule has 3 N–H and O–H groups in total. The van der Waals surface area contributed by atoms with Gasteiger partial charge in [-0.25, -0.2) is 0 Å². The summed E-state index contributed by atoms with van der Waals surface area (Å²) in [5.41, 5.74) is 6.37. The van der Waals surface area contributed by atoms with E-state index in [0.717, 1.165) is 0 Å². The molecule has 154 valence electrons. The molecule has 7 heteroatoms. The minimum atomic E-state index is -0.745. The number of aliphatic carboxylic acids is 3. The van der Waals surface area contributed by atoms with Crippen molar-refractivity contribution in [2.75, 3.05) is 0 Å². The number of aryl methyl sites for hydroxylation is 2. The zero-order valence-electron chi connectivity index (χ0n) is 17.1. The molecule has 0 saturated heterocycles. The quantitative estimate of drug-likeness (QED) is 0.498. The number of carbonyl (C=O) groups is 3. The number of hydrogen-bond donors (Lipinski definition) is 3. The maximum absolute atomic E-state index is 9.37. The van der Waals surface area contributed by atoms with Gasteiger partial charge in [0.25, 0.3) is 0 Å². The molecule has 1 aromatic rings. The number of fused-ring (bicyclic) bond motifs is 1. The number of hydrogen-bond acceptors (Lipinski definition) is 3. The van der Waals surface area contributed by atoms with E-state index in [1.165, 1.54) is 36.8 Å². The van der Waals surface area contributed by atoms with Crippen LogP contribution in [0.15, 0.2) is 6.07 Å². The molecule has 0 unspecified atom stereocenters. The van der Waals surface area contributed by atoms with Crippen LogP contribution in [0.4, 0.5) is 0 Å². The number of rotatable bonds is 3. The predicted octanol–water partition coefficient (Wildman–Crippen LogP) is 4.34. The number of carboxylic acids is 3. The Morgan fingerprint density at radius 3 is 1.52 bits per heavy atom. The zero-order valence-corrected chi connectivity index (χ0v) is 18.7. The molecular weight excluding hydrogens is 384 g/mol. The molecule has 1 aliphatic rings. The Morgan fingerprint density at radius 2 is 1.22 bits per heavy atom. The third kappa shape index (κ3) is 16.4. The molecule has 1 aliphatic carbocycles. The van der Waals surface area contributed by atoms with E-state index < -0.39 is 17.9 Å². The molecule has 0 radical (unpaired) electrons. The summed E-state index contributed by atoms with van der Waals surface area (Å²) in [6, 6.07) is 2.34. The molecule has 0 saturated carbocycles. The van der Waals surface area contributed by atoms with Crippen LogP contribution >= 0.6 is 0 Å². The van der Waals surface area contributed by atoms with Gasteiger partial charge in [0.15, 0.2) is 0 Å². The molecule has 2 rings (SSSR count). The van der Waals surface area contributed by atoms with Crippen molar-refractivity contribution >= 4 is 17.9 Å². The van der Waals surface area contributed by atoms with Gasteiger partial charge in [-0.15, -0.1) is 0 Å². The van der Waals surface area contributed by atoms with Crippen molar-refractivity contribution in [2.24, 2.45) is 0 Å². The molecule has 1 aromatic carbocycles. The van der Waals surface area contributed by atoms with Crippen molar-refractivity contribution in [3.05, 3.63) is 28.3 Å². The summed E-state index contributed by atoms with van der Waals surface area (Å²) in [6.45, 7) is 9.29. The summed E-state index contributed by atoms with van der Waals surface area (Å²) in [6.07, 6.45) is 6.12. The largest absolute Gasteiger partial charge is 0.481 e. The van der Waals surface area contributed by atoms with Gasteiger partial charge in [0.05, 0.1) is 0 Å². The SMILES string of the molecule is CCC(=O)O.CCC(=O)O.CCC(=O)O.Cc1c[c-](C)c2c1CCCC2.[Ti]. The molecule has 0 aliphatic heterocycles. The third-order valence-corrected chi connectivity index (χ3v) is 3.76. The standard InChI is InChI=1S/C11H15.3C3H6O2.Ti/c1-8-7-9(2)11-6-4-3-5-10(8)11;3*1-2-3(4)5;/h7H,3-6H2,1-2H3;3*2H2,1H3,(H,4,5);/q-1;;;;. The summed E-state index contributed by atoms with van der Waals surface area (Å²) in [5.74, 6) is -2.24. The second kappa shape index (κ2) is 17.9. The predicted molar refractivity (Wildman–Crippen MR) is 102 cm³/mol. The average Bonchev–Trinajstić information content (AvgIpc) is 2.91. The summed E-state index contributed by atoms with van der Waals surface area (Å²) < 4.78 is 0. The number of carboxylic acid groups (broad SMARTS) is 3. The fraction of sp³-hybridized carbons (Fsp3) is 0.600. The van der Waals surface area contributed by atoms with Crippen molar-refractivity contribution in [1.82, 2.24) is 0 Å². The van der Waals surface area contributed by atoms with Crippen molar-refractivity contribution in [2.45, 2.75) is 79.6 Å². The van der Waals surface area contributed by atoms with Gasteiger partial charge < -0.3 is 15.3 Å². The molecular formula is C20H33O6Ti-. The smallest absolute Gasteiger partial charge is 0.303 e. The van der Waals surface area contributed by atoms with E-state index in [4.69, 9.17) is 15.3 Å². The first-order chi connectivity index (χ1) is 12.1. The normalized spacial score (nSPS) is 10.9. The molecule has 0 amide bonds. The summed E-state index contributed by atoms with van der Waals surface area (Å²) in [5, 5.41) is 23.2. The first kappa shape index (κ1) is 30.2. The van der Waals surface area contributed by atoms with E-state index in [9.17, 15) is 14.4 Å². The van der Waals surface area contributed by atoms with Gasteiger partial charge in [0.2, 0.25) is 0 Å². The minimum Gasteiger partial charge on any atom is -0.481 e. The van der Waals surface area contributed by atoms with Crippen LogP contribution in [-0.2, 0) is 48.9 Å². The Kier molecular flexibility index (Phi) is 20.0. The van der Waals surface area contributed by atoms with Crippen molar-refractivity contribution < 1.29 is 51.4 Å². The molecule has 6 nitrogen and oxygen atoms in total. The fourth-order valence-corrected chi connectivity index (χ4v) is 2.27. The van der Waals surface area contributed by atoms with E-state index >= 15 is 0 Å². The molecule has 0 fully saturated rings. The molecule has 27 heavy (non-hydrogen) atoms. The van der Waals surface area contributed by atoms with E-state index in [0.29, 0.717) is 0 Å². The Balaban J connectivity index is -0.000000311. The Morgan fingerprint density at radius 1 is 0.889 bits per heavy atom. The van der Waals surface area contributed by atoms with Gasteiger partial charge >= 0.3 is 17.9 Å². The Labute approximate surface area is 177 Å². The zero-order chi connectivity index (χ0) is 20.7. The molecule has 0 aromatic heterocycles. The van der Waals surface area contributed by atoms with Gasteiger partial charge in [0.1, 0.15) is 0 Å². The first-order valence-electron chi connectivity index (χ1n) is 9.00. The molecule has 0 spiro atoms. The van der Waals surface area contributed by atoms with Crippen LogP contribution in [0, 0.1) is 13.8 Å². The van der Waals surface area contributed by atoms with Crippen LogP contribution in [0.2, 0.25) is 0 Å². The van der Waals surface area contributed by atoms with Gasteiger partial charge in [-0.05, 0) is 0 Å². The monoisotopic (exact) mass is 417 g/mol. The average molecular weight is 417 g/mol. The van der Waals surface area contributed by atoms with Crippen LogP contribution in [0.5, 0.6) is 0 Å². The van der Waals surface area contributed by atoms with E-state index in [-0.39, 0.29) is 41.0 Å². The summed E-state index contributed by atoms with van der Waals surface area (Å²) in [7, 11) is 0. The molecule has 0 bridgehead atoms. The summed E-state index contributed by atoms with van der Waals surface area (Å²) >= 11 is 0.